The van der Waals surface area contributed by atoms with Crippen molar-refractivity contribution in [3.8, 4) is 5.75 Å². The Hall–Kier alpha value is -2.53. The van der Waals surface area contributed by atoms with E-state index in [1.165, 1.54) is 5.56 Å². The van der Waals surface area contributed by atoms with Crippen LogP contribution in [0, 0.1) is 0 Å². The smallest absolute Gasteiger partial charge is 0.323 e. The lowest BCUT2D eigenvalue weighted by Gasteiger charge is -2.26. The zero-order chi connectivity index (χ0) is 15.6. The second kappa shape index (κ2) is 5.93. The molecule has 1 aromatic heterocycles. The van der Waals surface area contributed by atoms with Gasteiger partial charge in [0.2, 0.25) is 0 Å². The Morgan fingerprint density at radius 2 is 2.00 bits per heavy atom. The molecule has 0 aliphatic carbocycles. The summed E-state index contributed by atoms with van der Waals surface area (Å²) < 4.78 is 6.14. The summed E-state index contributed by atoms with van der Waals surface area (Å²) in [5.74, 6) is 0.818. The molecule has 1 aliphatic rings. The molecule has 0 saturated carbocycles. The van der Waals surface area contributed by atoms with E-state index in [9.17, 15) is 4.79 Å². The maximum atomic E-state index is 11.5. The van der Waals surface area contributed by atoms with Crippen LogP contribution in [-0.4, -0.2) is 22.6 Å². The lowest BCUT2D eigenvalue weighted by atomic mass is 10.0. The monoisotopic (exact) mass is 309 g/mol. The van der Waals surface area contributed by atoms with Crippen LogP contribution in [-0.2, 0) is 13.0 Å². The van der Waals surface area contributed by atoms with Gasteiger partial charge in [-0.15, -0.1) is 0 Å². The molecule has 5 nitrogen and oxygen atoms in total. The third-order valence-corrected chi connectivity index (χ3v) is 4.29. The summed E-state index contributed by atoms with van der Waals surface area (Å²) >= 11 is 0. The number of hydrogen-bond acceptors (Lipinski definition) is 3. The molecule has 0 unspecified atom stereocenters. The van der Waals surface area contributed by atoms with Crippen LogP contribution in [0.1, 0.15) is 17.5 Å². The molecule has 118 valence electrons. The summed E-state index contributed by atoms with van der Waals surface area (Å²) in [7, 11) is 0. The zero-order valence-electron chi connectivity index (χ0n) is 12.8. The first-order valence-corrected chi connectivity index (χ1v) is 7.95. The molecule has 0 fully saturated rings. The van der Waals surface area contributed by atoms with Gasteiger partial charge in [-0.3, -0.25) is 0 Å². The SMILES string of the molecule is O=c1[nH]c2ccc3c(c2[nH]1)O[C@H](CNCc1ccccc1)CC3. The Bertz CT molecular complexity index is 867. The number of hydrogen-bond donors (Lipinski definition) is 3. The number of nitrogens with one attached hydrogen (secondary N) is 3. The summed E-state index contributed by atoms with van der Waals surface area (Å²) in [6, 6.07) is 14.3. The molecular weight excluding hydrogens is 290 g/mol. The Morgan fingerprint density at radius 3 is 2.87 bits per heavy atom. The number of ether oxygens (including phenoxy) is 1. The van der Waals surface area contributed by atoms with E-state index in [0.29, 0.717) is 0 Å². The van der Waals surface area contributed by atoms with Gasteiger partial charge in [0.25, 0.3) is 0 Å². The number of H-pyrrole nitrogens is 2. The van der Waals surface area contributed by atoms with E-state index in [2.05, 4.69) is 27.4 Å². The van der Waals surface area contributed by atoms with Gasteiger partial charge in [0, 0.05) is 13.1 Å². The summed E-state index contributed by atoms with van der Waals surface area (Å²) in [6.07, 6.45) is 2.07. The number of rotatable bonds is 4. The van der Waals surface area contributed by atoms with Crippen molar-refractivity contribution >= 4 is 11.0 Å². The molecule has 2 heterocycles. The second-order valence-corrected chi connectivity index (χ2v) is 5.95. The minimum Gasteiger partial charge on any atom is -0.487 e. The lowest BCUT2D eigenvalue weighted by molar-refractivity contribution is 0.172. The van der Waals surface area contributed by atoms with Crippen LogP contribution in [0.4, 0.5) is 0 Å². The van der Waals surface area contributed by atoms with E-state index in [0.717, 1.165) is 48.3 Å². The fraction of sp³-hybridized carbons (Fsp3) is 0.278. The summed E-state index contributed by atoms with van der Waals surface area (Å²) in [5.41, 5.74) is 3.81. The average molecular weight is 309 g/mol. The van der Waals surface area contributed by atoms with Gasteiger partial charge >= 0.3 is 5.69 Å². The van der Waals surface area contributed by atoms with Crippen molar-refractivity contribution in [2.75, 3.05) is 6.54 Å². The fourth-order valence-corrected chi connectivity index (χ4v) is 3.11. The predicted octanol–water partition coefficient (Wildman–Crippen LogP) is 2.34. The quantitative estimate of drug-likeness (QED) is 0.693. The average Bonchev–Trinajstić information content (AvgIpc) is 2.97. The highest BCUT2D eigenvalue weighted by Crippen LogP contribution is 2.32. The number of imidazole rings is 1. The van der Waals surface area contributed by atoms with Gasteiger partial charge in [-0.25, -0.2) is 4.79 Å². The summed E-state index contributed by atoms with van der Waals surface area (Å²) in [5, 5.41) is 3.45. The first-order chi connectivity index (χ1) is 11.3. The van der Waals surface area contributed by atoms with Crippen LogP contribution in [0.3, 0.4) is 0 Å². The number of aryl methyl sites for hydroxylation is 1. The molecular formula is C18H19N3O2. The van der Waals surface area contributed by atoms with E-state index >= 15 is 0 Å². The van der Waals surface area contributed by atoms with Crippen LogP contribution < -0.4 is 15.7 Å². The van der Waals surface area contributed by atoms with Crippen LogP contribution in [0.15, 0.2) is 47.3 Å². The Morgan fingerprint density at radius 1 is 1.13 bits per heavy atom. The van der Waals surface area contributed by atoms with E-state index in [1.807, 2.05) is 30.3 Å². The maximum absolute atomic E-state index is 11.5. The molecule has 0 spiro atoms. The largest absolute Gasteiger partial charge is 0.487 e. The minimum absolute atomic E-state index is 0.121. The van der Waals surface area contributed by atoms with Gasteiger partial charge in [0.05, 0.1) is 5.52 Å². The van der Waals surface area contributed by atoms with Gasteiger partial charge in [-0.1, -0.05) is 36.4 Å². The maximum Gasteiger partial charge on any atom is 0.323 e. The van der Waals surface area contributed by atoms with Crippen molar-refractivity contribution in [1.82, 2.24) is 15.3 Å². The molecule has 0 saturated heterocycles. The van der Waals surface area contributed by atoms with Crippen LogP contribution in [0.2, 0.25) is 0 Å². The molecule has 5 heteroatoms. The first-order valence-electron chi connectivity index (χ1n) is 7.95. The van der Waals surface area contributed by atoms with Gasteiger partial charge in [-0.2, -0.15) is 0 Å². The molecule has 1 atom stereocenters. The van der Waals surface area contributed by atoms with Crippen molar-refractivity contribution in [1.29, 1.82) is 0 Å². The van der Waals surface area contributed by atoms with Crippen LogP contribution >= 0.6 is 0 Å². The van der Waals surface area contributed by atoms with Gasteiger partial charge in [-0.05, 0) is 30.0 Å². The molecule has 4 rings (SSSR count). The number of aromatic nitrogens is 2. The standard InChI is InChI=1S/C18H19N3O2/c22-18-20-15-9-7-13-6-8-14(23-17(13)16(15)21-18)11-19-10-12-4-2-1-3-5-12/h1-5,7,9,14,19H,6,8,10-11H2,(H2,20,21,22)/t14-/m0/s1. The number of fused-ring (bicyclic) bond motifs is 3. The normalized spacial score (nSPS) is 17.0. The Balaban J connectivity index is 1.45. The van der Waals surface area contributed by atoms with Crippen molar-refractivity contribution in [3.63, 3.8) is 0 Å². The van der Waals surface area contributed by atoms with Crippen molar-refractivity contribution < 1.29 is 4.74 Å². The molecule has 0 bridgehead atoms. The van der Waals surface area contributed by atoms with Crippen molar-refractivity contribution in [3.05, 3.63) is 64.1 Å². The molecule has 3 N–H and O–H groups in total. The molecule has 2 aromatic carbocycles. The summed E-state index contributed by atoms with van der Waals surface area (Å²) in [4.78, 5) is 17.1. The van der Waals surface area contributed by atoms with Gasteiger partial charge < -0.3 is 20.0 Å². The lowest BCUT2D eigenvalue weighted by Crippen LogP contribution is -2.34. The third-order valence-electron chi connectivity index (χ3n) is 4.29. The topological polar surface area (TPSA) is 69.9 Å². The highest BCUT2D eigenvalue weighted by Gasteiger charge is 2.22. The van der Waals surface area contributed by atoms with Crippen LogP contribution in [0.25, 0.3) is 11.0 Å². The van der Waals surface area contributed by atoms with Gasteiger partial charge in [0.15, 0.2) is 0 Å². The Kier molecular flexibility index (Phi) is 3.63. The third kappa shape index (κ3) is 2.87. The zero-order valence-corrected chi connectivity index (χ0v) is 12.8. The summed E-state index contributed by atoms with van der Waals surface area (Å²) in [6.45, 7) is 1.62. The van der Waals surface area contributed by atoms with Gasteiger partial charge in [0.1, 0.15) is 17.4 Å². The molecule has 23 heavy (non-hydrogen) atoms. The molecule has 3 aromatic rings. The highest BCUT2D eigenvalue weighted by molar-refractivity contribution is 5.83. The Labute approximate surface area is 133 Å². The van der Waals surface area contributed by atoms with Crippen molar-refractivity contribution in [2.24, 2.45) is 0 Å². The van der Waals surface area contributed by atoms with E-state index in [-0.39, 0.29) is 11.8 Å². The first kappa shape index (κ1) is 14.1. The van der Waals surface area contributed by atoms with Crippen LogP contribution in [0.5, 0.6) is 5.75 Å². The molecule has 0 amide bonds. The molecule has 1 aliphatic heterocycles. The predicted molar refractivity (Wildman–Crippen MR) is 89.8 cm³/mol. The number of benzene rings is 2. The van der Waals surface area contributed by atoms with E-state index < -0.39 is 0 Å². The van der Waals surface area contributed by atoms with E-state index in [1.54, 1.807) is 0 Å². The number of aromatic amines is 2. The second-order valence-electron chi connectivity index (χ2n) is 5.95. The fourth-order valence-electron chi connectivity index (χ4n) is 3.11. The highest BCUT2D eigenvalue weighted by atomic mass is 16.5. The minimum atomic E-state index is -0.193. The van der Waals surface area contributed by atoms with E-state index in [4.69, 9.17) is 4.74 Å². The van der Waals surface area contributed by atoms with Crippen molar-refractivity contribution in [2.45, 2.75) is 25.5 Å². The molecule has 0 radical (unpaired) electrons.